The fraction of sp³-hybridized carbons (Fsp3) is 0.261. The zero-order valence-electron chi connectivity index (χ0n) is 16.8. The minimum atomic E-state index is -0.0642. The molecule has 1 N–H and O–H groups in total. The Morgan fingerprint density at radius 3 is 2.72 bits per heavy atom. The van der Waals surface area contributed by atoms with E-state index in [9.17, 15) is 9.59 Å². The Kier molecular flexibility index (Phi) is 5.20. The number of hydrogen-bond donors (Lipinski definition) is 1. The molecule has 0 atom stereocenters. The van der Waals surface area contributed by atoms with Gasteiger partial charge < -0.3 is 10.2 Å². The summed E-state index contributed by atoms with van der Waals surface area (Å²) in [4.78, 5) is 31.9. The van der Waals surface area contributed by atoms with Crippen molar-refractivity contribution in [1.82, 2.24) is 4.98 Å². The molecule has 0 radical (unpaired) electrons. The van der Waals surface area contributed by atoms with E-state index in [4.69, 9.17) is 4.98 Å². The van der Waals surface area contributed by atoms with E-state index in [-0.39, 0.29) is 18.2 Å². The lowest BCUT2D eigenvalue weighted by Crippen LogP contribution is -2.25. The first-order valence-corrected chi connectivity index (χ1v) is 10.5. The highest BCUT2D eigenvalue weighted by Crippen LogP contribution is 2.34. The van der Waals surface area contributed by atoms with Crippen LogP contribution in [0.4, 0.5) is 11.4 Å². The molecule has 0 saturated heterocycles. The highest BCUT2D eigenvalue weighted by atomic mass is 32.1. The first kappa shape index (κ1) is 19.3. The van der Waals surface area contributed by atoms with E-state index in [2.05, 4.69) is 11.4 Å². The second kappa shape index (κ2) is 7.79. The molecule has 0 unspecified atom stereocenters. The van der Waals surface area contributed by atoms with Crippen LogP contribution in [0.3, 0.4) is 0 Å². The Hall–Kier alpha value is -2.99. The van der Waals surface area contributed by atoms with Gasteiger partial charge in [0.2, 0.25) is 11.8 Å². The van der Waals surface area contributed by atoms with Crippen LogP contribution in [0.5, 0.6) is 0 Å². The third-order valence-corrected chi connectivity index (χ3v) is 6.17. The summed E-state index contributed by atoms with van der Waals surface area (Å²) in [6, 6.07) is 13.9. The SMILES string of the molecule is CC(=O)N1CCc2cc(-c3nc(CC(=O)Nc4ccccc4C)sc3C)ccc21. The molecule has 2 heterocycles. The maximum atomic E-state index is 12.5. The zero-order valence-corrected chi connectivity index (χ0v) is 17.6. The summed E-state index contributed by atoms with van der Waals surface area (Å²) in [5.41, 5.74) is 5.98. The van der Waals surface area contributed by atoms with Gasteiger partial charge >= 0.3 is 0 Å². The van der Waals surface area contributed by atoms with Gasteiger partial charge in [-0.15, -0.1) is 11.3 Å². The molecule has 1 aliphatic heterocycles. The van der Waals surface area contributed by atoms with Crippen LogP contribution in [0.2, 0.25) is 0 Å². The number of carbonyl (C=O) groups is 2. The van der Waals surface area contributed by atoms with Gasteiger partial charge in [0.1, 0.15) is 5.01 Å². The van der Waals surface area contributed by atoms with Gasteiger partial charge in [0.15, 0.2) is 0 Å². The third-order valence-electron chi connectivity index (χ3n) is 5.20. The van der Waals surface area contributed by atoms with E-state index in [1.165, 1.54) is 5.56 Å². The highest BCUT2D eigenvalue weighted by Gasteiger charge is 2.23. The van der Waals surface area contributed by atoms with Gasteiger partial charge in [0.25, 0.3) is 0 Å². The molecule has 1 aromatic heterocycles. The van der Waals surface area contributed by atoms with Crippen molar-refractivity contribution in [2.45, 2.75) is 33.6 Å². The quantitative estimate of drug-likeness (QED) is 0.694. The van der Waals surface area contributed by atoms with Crippen molar-refractivity contribution in [3.8, 4) is 11.3 Å². The molecular weight excluding hydrogens is 382 g/mol. The Morgan fingerprint density at radius 2 is 1.97 bits per heavy atom. The van der Waals surface area contributed by atoms with Gasteiger partial charge in [-0.2, -0.15) is 0 Å². The molecule has 0 fully saturated rings. The standard InChI is InChI=1S/C23H23N3O2S/c1-14-6-4-5-7-19(14)24-21(28)13-22-25-23(15(2)29-22)18-8-9-20-17(12-18)10-11-26(20)16(3)27/h4-9,12H,10-11,13H2,1-3H3,(H,24,28). The van der Waals surface area contributed by atoms with E-state index in [1.807, 2.05) is 55.1 Å². The lowest BCUT2D eigenvalue weighted by Gasteiger charge is -2.14. The zero-order chi connectivity index (χ0) is 20.5. The van der Waals surface area contributed by atoms with E-state index >= 15 is 0 Å². The van der Waals surface area contributed by atoms with Crippen LogP contribution < -0.4 is 10.2 Å². The summed E-state index contributed by atoms with van der Waals surface area (Å²) in [6.45, 7) is 6.34. The van der Waals surface area contributed by atoms with Crippen molar-refractivity contribution in [2.75, 3.05) is 16.8 Å². The van der Waals surface area contributed by atoms with Crippen LogP contribution in [0.1, 0.15) is 27.9 Å². The summed E-state index contributed by atoms with van der Waals surface area (Å²) in [5, 5.41) is 3.77. The summed E-state index contributed by atoms with van der Waals surface area (Å²) in [7, 11) is 0. The van der Waals surface area contributed by atoms with Crippen LogP contribution in [0, 0.1) is 13.8 Å². The van der Waals surface area contributed by atoms with Crippen molar-refractivity contribution >= 4 is 34.5 Å². The maximum Gasteiger partial charge on any atom is 0.231 e. The summed E-state index contributed by atoms with van der Waals surface area (Å²) >= 11 is 1.55. The Bertz CT molecular complexity index is 1100. The number of fused-ring (bicyclic) bond motifs is 1. The van der Waals surface area contributed by atoms with Crippen molar-refractivity contribution in [3.05, 3.63) is 63.5 Å². The van der Waals surface area contributed by atoms with E-state index < -0.39 is 0 Å². The van der Waals surface area contributed by atoms with Gasteiger partial charge in [-0.25, -0.2) is 4.98 Å². The molecule has 1 aliphatic rings. The molecule has 0 aliphatic carbocycles. The normalized spacial score (nSPS) is 12.7. The number of amides is 2. The summed E-state index contributed by atoms with van der Waals surface area (Å²) in [5.74, 6) is 0.00828. The number of benzene rings is 2. The monoisotopic (exact) mass is 405 g/mol. The van der Waals surface area contributed by atoms with Gasteiger partial charge in [0, 0.05) is 35.3 Å². The molecular formula is C23H23N3O2S. The van der Waals surface area contributed by atoms with Crippen LogP contribution in [-0.2, 0) is 22.4 Å². The van der Waals surface area contributed by atoms with Gasteiger partial charge in [0.05, 0.1) is 12.1 Å². The molecule has 3 aromatic rings. The molecule has 0 spiro atoms. The summed E-state index contributed by atoms with van der Waals surface area (Å²) < 4.78 is 0. The van der Waals surface area contributed by atoms with Crippen molar-refractivity contribution in [1.29, 1.82) is 0 Å². The van der Waals surface area contributed by atoms with Crippen LogP contribution in [0.15, 0.2) is 42.5 Å². The molecule has 2 amide bonds. The highest BCUT2D eigenvalue weighted by molar-refractivity contribution is 7.12. The first-order chi connectivity index (χ1) is 13.9. The number of nitrogens with one attached hydrogen (secondary N) is 1. The smallest absolute Gasteiger partial charge is 0.231 e. The van der Waals surface area contributed by atoms with Gasteiger partial charge in [-0.1, -0.05) is 24.3 Å². The molecule has 2 aromatic carbocycles. The number of aromatic nitrogens is 1. The number of anilines is 2. The lowest BCUT2D eigenvalue weighted by atomic mass is 10.1. The van der Waals surface area contributed by atoms with Crippen molar-refractivity contribution in [2.24, 2.45) is 0 Å². The second-order valence-electron chi connectivity index (χ2n) is 7.32. The van der Waals surface area contributed by atoms with Gasteiger partial charge in [-0.3, -0.25) is 9.59 Å². The van der Waals surface area contributed by atoms with Crippen LogP contribution >= 0.6 is 11.3 Å². The van der Waals surface area contributed by atoms with Gasteiger partial charge in [-0.05, 0) is 49.6 Å². The Balaban J connectivity index is 1.52. The topological polar surface area (TPSA) is 62.3 Å². The van der Waals surface area contributed by atoms with Crippen molar-refractivity contribution < 1.29 is 9.59 Å². The van der Waals surface area contributed by atoms with E-state index in [0.29, 0.717) is 0 Å². The number of nitrogens with zero attached hydrogens (tertiary/aromatic N) is 2. The van der Waals surface area contributed by atoms with Crippen LogP contribution in [0.25, 0.3) is 11.3 Å². The number of aryl methyl sites for hydroxylation is 2. The lowest BCUT2D eigenvalue weighted by molar-refractivity contribution is -0.117. The predicted molar refractivity (Wildman–Crippen MR) is 118 cm³/mol. The van der Waals surface area contributed by atoms with Crippen LogP contribution in [-0.4, -0.2) is 23.3 Å². The molecule has 6 heteroatoms. The second-order valence-corrected chi connectivity index (χ2v) is 8.60. The number of para-hydroxylation sites is 1. The molecule has 0 bridgehead atoms. The fourth-order valence-electron chi connectivity index (χ4n) is 3.72. The average Bonchev–Trinajstić information content (AvgIpc) is 3.26. The minimum absolute atomic E-state index is 0.0642. The Morgan fingerprint density at radius 1 is 1.17 bits per heavy atom. The Labute approximate surface area is 174 Å². The van der Waals surface area contributed by atoms with E-state index in [0.717, 1.165) is 51.0 Å². The predicted octanol–water partition coefficient (Wildman–Crippen LogP) is 4.52. The number of hydrogen-bond acceptors (Lipinski definition) is 4. The molecule has 5 nitrogen and oxygen atoms in total. The molecule has 148 valence electrons. The fourth-order valence-corrected chi connectivity index (χ4v) is 4.67. The molecule has 0 saturated carbocycles. The maximum absolute atomic E-state index is 12.5. The number of rotatable bonds is 4. The average molecular weight is 406 g/mol. The number of carbonyl (C=O) groups excluding carboxylic acids is 2. The molecule has 29 heavy (non-hydrogen) atoms. The molecule has 4 rings (SSSR count). The number of thiazole rings is 1. The third kappa shape index (κ3) is 3.93. The van der Waals surface area contributed by atoms with E-state index in [1.54, 1.807) is 18.3 Å². The first-order valence-electron chi connectivity index (χ1n) is 9.65. The largest absolute Gasteiger partial charge is 0.325 e. The minimum Gasteiger partial charge on any atom is -0.325 e. The van der Waals surface area contributed by atoms with Crippen molar-refractivity contribution in [3.63, 3.8) is 0 Å². The summed E-state index contributed by atoms with van der Waals surface area (Å²) in [6.07, 6.45) is 1.11.